The number of hydrogen-bond donors (Lipinski definition) is 0. The average molecular weight is 433 g/mol. The van der Waals surface area contributed by atoms with Gasteiger partial charge in [-0.3, -0.25) is 14.5 Å². The van der Waals surface area contributed by atoms with Crippen LogP contribution in [0.2, 0.25) is 0 Å². The number of fused-ring (bicyclic) bond motifs is 2. The molecule has 2 aromatic heterocycles. The van der Waals surface area contributed by atoms with Crippen molar-refractivity contribution < 1.29 is 13.9 Å². The third-order valence-corrected chi connectivity index (χ3v) is 6.07. The van der Waals surface area contributed by atoms with E-state index in [4.69, 9.17) is 9.15 Å². The molecule has 0 bridgehead atoms. The van der Waals surface area contributed by atoms with Crippen LogP contribution in [0.1, 0.15) is 46.6 Å². The highest BCUT2D eigenvalue weighted by atomic mass is 32.1. The van der Waals surface area contributed by atoms with Gasteiger partial charge in [-0.2, -0.15) is 0 Å². The lowest BCUT2D eigenvalue weighted by molar-refractivity contribution is 0.0971. The van der Waals surface area contributed by atoms with Gasteiger partial charge in [0.15, 0.2) is 10.6 Å². The molecule has 0 saturated carbocycles. The summed E-state index contributed by atoms with van der Waals surface area (Å²) in [5.41, 5.74) is 2.27. The number of carbonyl (C=O) groups excluding carboxylic acids is 1. The van der Waals surface area contributed by atoms with Crippen molar-refractivity contribution in [1.29, 1.82) is 0 Å². The maximum Gasteiger partial charge on any atom is 0.297 e. The van der Waals surface area contributed by atoms with Crippen LogP contribution >= 0.6 is 11.3 Å². The Kier molecular flexibility index (Phi) is 4.82. The number of aryl methyl sites for hydroxylation is 1. The fourth-order valence-electron chi connectivity index (χ4n) is 3.93. The molecule has 0 fully saturated rings. The van der Waals surface area contributed by atoms with Crippen LogP contribution in [0.5, 0.6) is 5.75 Å². The maximum atomic E-state index is 13.6. The molecular formula is C24H20N2O4S. The second-order valence-electron chi connectivity index (χ2n) is 7.49. The Labute approximate surface area is 182 Å². The molecule has 6 nitrogen and oxygen atoms in total. The summed E-state index contributed by atoms with van der Waals surface area (Å²) in [6.45, 7) is 4.55. The van der Waals surface area contributed by atoms with Crippen molar-refractivity contribution in [2.45, 2.75) is 26.3 Å². The van der Waals surface area contributed by atoms with E-state index in [0.29, 0.717) is 34.0 Å². The number of anilines is 1. The van der Waals surface area contributed by atoms with Crippen molar-refractivity contribution in [2.24, 2.45) is 0 Å². The van der Waals surface area contributed by atoms with Gasteiger partial charge < -0.3 is 9.15 Å². The first-order valence-corrected chi connectivity index (χ1v) is 11.0. The zero-order chi connectivity index (χ0) is 21.5. The summed E-state index contributed by atoms with van der Waals surface area (Å²) in [5.74, 6) is 0.399. The van der Waals surface area contributed by atoms with Crippen LogP contribution in [0, 0.1) is 6.92 Å². The zero-order valence-corrected chi connectivity index (χ0v) is 17.9. The van der Waals surface area contributed by atoms with E-state index in [-0.39, 0.29) is 17.1 Å². The number of rotatable bonds is 5. The molecule has 1 amide bonds. The molecule has 0 radical (unpaired) electrons. The second-order valence-corrected chi connectivity index (χ2v) is 8.36. The molecule has 1 unspecified atom stereocenters. The molecule has 156 valence electrons. The number of benzene rings is 2. The fourth-order valence-corrected chi connectivity index (χ4v) is 4.60. The van der Waals surface area contributed by atoms with E-state index in [1.165, 1.54) is 11.3 Å². The highest BCUT2D eigenvalue weighted by Gasteiger charge is 2.44. The number of hydrogen-bond acceptors (Lipinski definition) is 6. The largest absolute Gasteiger partial charge is 0.494 e. The number of nitrogens with zero attached hydrogens (tertiary/aromatic N) is 2. The lowest BCUT2D eigenvalue weighted by atomic mass is 9.98. The van der Waals surface area contributed by atoms with Gasteiger partial charge in [0.2, 0.25) is 5.76 Å². The Morgan fingerprint density at radius 3 is 2.84 bits per heavy atom. The predicted octanol–water partition coefficient (Wildman–Crippen LogP) is 5.10. The summed E-state index contributed by atoms with van der Waals surface area (Å²) in [5, 5.41) is 2.79. The Bertz CT molecular complexity index is 1340. The van der Waals surface area contributed by atoms with Crippen LogP contribution in [0.3, 0.4) is 0 Å². The molecule has 0 spiro atoms. The summed E-state index contributed by atoms with van der Waals surface area (Å²) >= 11 is 1.34. The van der Waals surface area contributed by atoms with E-state index in [1.807, 2.05) is 44.2 Å². The fraction of sp³-hybridized carbons (Fsp3) is 0.208. The standard InChI is InChI=1S/C24H20N2O4S/c1-3-10-29-16-6-4-5-15(13-16)20-19-21(27)17-12-14(2)7-8-18(17)30-22(19)23(28)26(20)24-25-9-11-31-24/h4-9,11-13,20H,3,10H2,1-2H3. The van der Waals surface area contributed by atoms with Gasteiger partial charge in [-0.1, -0.05) is 30.7 Å². The molecule has 31 heavy (non-hydrogen) atoms. The molecule has 1 aliphatic rings. The van der Waals surface area contributed by atoms with E-state index in [1.54, 1.807) is 28.6 Å². The van der Waals surface area contributed by atoms with Crippen molar-refractivity contribution in [3.8, 4) is 5.75 Å². The summed E-state index contributed by atoms with van der Waals surface area (Å²) in [6.07, 6.45) is 2.53. The summed E-state index contributed by atoms with van der Waals surface area (Å²) in [6, 6.07) is 12.3. The summed E-state index contributed by atoms with van der Waals surface area (Å²) in [4.78, 5) is 32.9. The smallest absolute Gasteiger partial charge is 0.297 e. The van der Waals surface area contributed by atoms with Crippen LogP contribution in [-0.4, -0.2) is 17.5 Å². The van der Waals surface area contributed by atoms with Crippen molar-refractivity contribution >= 4 is 33.3 Å². The van der Waals surface area contributed by atoms with Gasteiger partial charge in [0.05, 0.1) is 23.6 Å². The molecule has 2 aromatic carbocycles. The molecule has 0 aliphatic carbocycles. The minimum absolute atomic E-state index is 0.0708. The number of amides is 1. The van der Waals surface area contributed by atoms with Gasteiger partial charge >= 0.3 is 0 Å². The minimum atomic E-state index is -0.639. The molecule has 7 heteroatoms. The van der Waals surface area contributed by atoms with E-state index < -0.39 is 6.04 Å². The van der Waals surface area contributed by atoms with E-state index in [0.717, 1.165) is 17.5 Å². The van der Waals surface area contributed by atoms with Crippen LogP contribution in [0.25, 0.3) is 11.0 Å². The first kappa shape index (κ1) is 19.5. The van der Waals surface area contributed by atoms with Gasteiger partial charge in [-0.25, -0.2) is 4.98 Å². The summed E-state index contributed by atoms with van der Waals surface area (Å²) in [7, 11) is 0. The van der Waals surface area contributed by atoms with Gasteiger partial charge in [0.1, 0.15) is 11.3 Å². The van der Waals surface area contributed by atoms with Crippen molar-refractivity contribution in [3.05, 3.63) is 86.7 Å². The quantitative estimate of drug-likeness (QED) is 0.439. The number of aromatic nitrogens is 1. The molecule has 0 N–H and O–H groups in total. The number of carbonyl (C=O) groups is 1. The average Bonchev–Trinajstić information content (AvgIpc) is 3.40. The summed E-state index contributed by atoms with van der Waals surface area (Å²) < 4.78 is 11.8. The topological polar surface area (TPSA) is 72.6 Å². The third-order valence-electron chi connectivity index (χ3n) is 5.30. The van der Waals surface area contributed by atoms with E-state index in [9.17, 15) is 9.59 Å². The Hall–Kier alpha value is -3.45. The first-order valence-electron chi connectivity index (χ1n) is 10.1. The van der Waals surface area contributed by atoms with Crippen LogP contribution in [0.15, 0.2) is 63.3 Å². The minimum Gasteiger partial charge on any atom is -0.494 e. The third kappa shape index (κ3) is 3.21. The van der Waals surface area contributed by atoms with Crippen LogP contribution in [0.4, 0.5) is 5.13 Å². The van der Waals surface area contributed by atoms with Gasteiger partial charge in [-0.05, 0) is 43.2 Å². The lowest BCUT2D eigenvalue weighted by Crippen LogP contribution is -2.29. The van der Waals surface area contributed by atoms with Gasteiger partial charge in [-0.15, -0.1) is 11.3 Å². The molecule has 4 aromatic rings. The molecule has 5 rings (SSSR count). The first-order chi connectivity index (χ1) is 15.1. The number of thiazole rings is 1. The molecular weight excluding hydrogens is 412 g/mol. The molecule has 0 saturated heterocycles. The van der Waals surface area contributed by atoms with Crippen molar-refractivity contribution in [1.82, 2.24) is 4.98 Å². The van der Waals surface area contributed by atoms with Crippen LogP contribution in [-0.2, 0) is 0 Å². The van der Waals surface area contributed by atoms with Gasteiger partial charge in [0.25, 0.3) is 5.91 Å². The van der Waals surface area contributed by atoms with E-state index in [2.05, 4.69) is 4.98 Å². The predicted molar refractivity (Wildman–Crippen MR) is 120 cm³/mol. The SMILES string of the molecule is CCCOc1cccc(C2c3c(oc4ccc(C)cc4c3=O)C(=O)N2c2nccs2)c1. The van der Waals surface area contributed by atoms with Crippen molar-refractivity contribution in [2.75, 3.05) is 11.5 Å². The Morgan fingerprint density at radius 2 is 2.06 bits per heavy atom. The highest BCUT2D eigenvalue weighted by molar-refractivity contribution is 7.13. The maximum absolute atomic E-state index is 13.6. The monoisotopic (exact) mass is 432 g/mol. The van der Waals surface area contributed by atoms with Crippen LogP contribution < -0.4 is 15.1 Å². The normalized spacial score (nSPS) is 15.5. The lowest BCUT2D eigenvalue weighted by Gasteiger charge is -2.23. The van der Waals surface area contributed by atoms with Gasteiger partial charge in [0, 0.05) is 11.6 Å². The number of ether oxygens (including phenoxy) is 1. The zero-order valence-electron chi connectivity index (χ0n) is 17.1. The Morgan fingerprint density at radius 1 is 1.19 bits per heavy atom. The molecule has 1 aliphatic heterocycles. The second kappa shape index (κ2) is 7.67. The molecule has 1 atom stereocenters. The Balaban J connectivity index is 1.75. The van der Waals surface area contributed by atoms with Crippen molar-refractivity contribution in [3.63, 3.8) is 0 Å². The van der Waals surface area contributed by atoms with E-state index >= 15 is 0 Å². The molecule has 3 heterocycles. The highest BCUT2D eigenvalue weighted by Crippen LogP contribution is 2.42.